The molecule has 0 saturated carbocycles. The maximum atomic E-state index is 12.5. The molecule has 1 amide bonds. The van der Waals surface area contributed by atoms with E-state index in [0.29, 0.717) is 33.3 Å². The minimum absolute atomic E-state index is 0.218. The van der Waals surface area contributed by atoms with Gasteiger partial charge in [-0.2, -0.15) is 0 Å². The maximum absolute atomic E-state index is 12.5. The third-order valence-electron chi connectivity index (χ3n) is 3.95. The zero-order valence-electron chi connectivity index (χ0n) is 13.7. The van der Waals surface area contributed by atoms with Crippen molar-refractivity contribution in [2.24, 2.45) is 0 Å². The first-order chi connectivity index (χ1) is 13.0. The van der Waals surface area contributed by atoms with Gasteiger partial charge in [-0.15, -0.1) is 0 Å². The number of halogens is 3. The van der Waals surface area contributed by atoms with Crippen molar-refractivity contribution in [1.29, 1.82) is 0 Å². The average molecular weight is 462 g/mol. The van der Waals surface area contributed by atoms with Gasteiger partial charge in [0.05, 0.1) is 21.2 Å². The number of aromatic nitrogens is 1. The molecule has 1 aromatic heterocycles. The van der Waals surface area contributed by atoms with E-state index in [9.17, 15) is 4.79 Å². The minimum Gasteiger partial charge on any atom is -0.436 e. The van der Waals surface area contributed by atoms with Crippen LogP contribution in [0, 0.1) is 0 Å². The number of fused-ring (bicyclic) bond motifs is 1. The van der Waals surface area contributed by atoms with Crippen LogP contribution in [0.25, 0.3) is 22.6 Å². The lowest BCUT2D eigenvalue weighted by atomic mass is 10.2. The van der Waals surface area contributed by atoms with Gasteiger partial charge in [-0.25, -0.2) is 4.98 Å². The van der Waals surface area contributed by atoms with Crippen LogP contribution in [0.1, 0.15) is 10.4 Å². The first-order valence-electron chi connectivity index (χ1n) is 7.94. The second kappa shape index (κ2) is 7.35. The highest BCUT2D eigenvalue weighted by atomic mass is 79.9. The fourth-order valence-electron chi connectivity index (χ4n) is 2.63. The Hall–Kier alpha value is -2.34. The lowest BCUT2D eigenvalue weighted by molar-refractivity contribution is 0.102. The van der Waals surface area contributed by atoms with Crippen LogP contribution in [0.3, 0.4) is 0 Å². The van der Waals surface area contributed by atoms with E-state index >= 15 is 0 Å². The zero-order valence-corrected chi connectivity index (χ0v) is 16.8. The Morgan fingerprint density at radius 3 is 2.67 bits per heavy atom. The molecule has 0 spiro atoms. The molecule has 1 heterocycles. The van der Waals surface area contributed by atoms with Crippen molar-refractivity contribution in [2.75, 3.05) is 5.32 Å². The first kappa shape index (κ1) is 18.0. The number of rotatable bonds is 3. The van der Waals surface area contributed by atoms with Crippen molar-refractivity contribution < 1.29 is 9.21 Å². The Morgan fingerprint density at radius 1 is 1.04 bits per heavy atom. The van der Waals surface area contributed by atoms with E-state index < -0.39 is 0 Å². The lowest BCUT2D eigenvalue weighted by Gasteiger charge is -2.07. The standard InChI is InChI=1S/C20H11BrCl2N2O2/c21-14-6-2-1-4-12(14)20-25-16-10-11(8-9-17(16)27-20)24-19(26)13-5-3-7-15(22)18(13)23/h1-10H,(H,24,26). The van der Waals surface area contributed by atoms with Gasteiger partial charge in [0, 0.05) is 10.2 Å². The van der Waals surface area contributed by atoms with Gasteiger partial charge in [0.25, 0.3) is 5.91 Å². The molecule has 7 heteroatoms. The summed E-state index contributed by atoms with van der Waals surface area (Å²) in [5.41, 5.74) is 2.99. The molecular weight excluding hydrogens is 451 g/mol. The Kier molecular flexibility index (Phi) is 4.91. The lowest BCUT2D eigenvalue weighted by Crippen LogP contribution is -2.12. The molecule has 0 aliphatic heterocycles. The number of carbonyl (C=O) groups excluding carboxylic acids is 1. The van der Waals surface area contributed by atoms with E-state index in [0.717, 1.165) is 10.0 Å². The van der Waals surface area contributed by atoms with Crippen molar-refractivity contribution in [2.45, 2.75) is 0 Å². The van der Waals surface area contributed by atoms with Crippen LogP contribution in [-0.2, 0) is 0 Å². The Labute approximate surface area is 173 Å². The van der Waals surface area contributed by atoms with Crippen LogP contribution in [0.5, 0.6) is 0 Å². The monoisotopic (exact) mass is 460 g/mol. The highest BCUT2D eigenvalue weighted by Crippen LogP contribution is 2.31. The second-order valence-corrected chi connectivity index (χ2v) is 7.38. The summed E-state index contributed by atoms with van der Waals surface area (Å²) in [5, 5.41) is 3.35. The van der Waals surface area contributed by atoms with E-state index in [2.05, 4.69) is 26.2 Å². The van der Waals surface area contributed by atoms with Gasteiger partial charge >= 0.3 is 0 Å². The molecule has 0 bridgehead atoms. The maximum Gasteiger partial charge on any atom is 0.257 e. The summed E-state index contributed by atoms with van der Waals surface area (Å²) in [7, 11) is 0. The van der Waals surface area contributed by atoms with Crippen molar-refractivity contribution in [3.8, 4) is 11.5 Å². The average Bonchev–Trinajstić information content (AvgIpc) is 3.07. The summed E-state index contributed by atoms with van der Waals surface area (Å²) in [6, 6.07) is 17.8. The van der Waals surface area contributed by atoms with E-state index in [-0.39, 0.29) is 10.9 Å². The van der Waals surface area contributed by atoms with Gasteiger partial charge in [0.2, 0.25) is 5.89 Å². The molecule has 4 aromatic rings. The predicted octanol–water partition coefficient (Wildman–Crippen LogP) is 6.82. The zero-order chi connectivity index (χ0) is 19.0. The number of nitrogens with zero attached hydrogens (tertiary/aromatic N) is 1. The quantitative estimate of drug-likeness (QED) is 0.364. The summed E-state index contributed by atoms with van der Waals surface area (Å²) >= 11 is 15.6. The van der Waals surface area contributed by atoms with Gasteiger partial charge in [-0.05, 0) is 58.4 Å². The largest absolute Gasteiger partial charge is 0.436 e. The molecule has 0 aliphatic carbocycles. The van der Waals surface area contributed by atoms with Crippen molar-refractivity contribution in [3.05, 3.63) is 80.7 Å². The number of carbonyl (C=O) groups is 1. The number of amides is 1. The molecule has 0 saturated heterocycles. The smallest absolute Gasteiger partial charge is 0.257 e. The normalized spacial score (nSPS) is 10.9. The van der Waals surface area contributed by atoms with E-state index in [4.69, 9.17) is 27.6 Å². The van der Waals surface area contributed by atoms with Gasteiger partial charge in [-0.3, -0.25) is 4.79 Å². The molecule has 27 heavy (non-hydrogen) atoms. The Morgan fingerprint density at radius 2 is 1.85 bits per heavy atom. The van der Waals surface area contributed by atoms with Gasteiger partial charge in [-0.1, -0.05) is 41.4 Å². The second-order valence-electron chi connectivity index (χ2n) is 5.74. The highest BCUT2D eigenvalue weighted by molar-refractivity contribution is 9.10. The van der Waals surface area contributed by atoms with Crippen LogP contribution in [0.2, 0.25) is 10.0 Å². The van der Waals surface area contributed by atoms with Crippen molar-refractivity contribution >= 4 is 61.8 Å². The van der Waals surface area contributed by atoms with E-state index in [1.54, 1.807) is 36.4 Å². The molecule has 0 unspecified atom stereocenters. The van der Waals surface area contributed by atoms with Gasteiger partial charge in [0.1, 0.15) is 5.52 Å². The third kappa shape index (κ3) is 3.58. The van der Waals surface area contributed by atoms with Crippen molar-refractivity contribution in [1.82, 2.24) is 4.98 Å². The summed E-state index contributed by atoms with van der Waals surface area (Å²) in [5.74, 6) is 0.148. The molecule has 4 rings (SSSR count). The van der Waals surface area contributed by atoms with Gasteiger partial charge in [0.15, 0.2) is 5.58 Å². The SMILES string of the molecule is O=C(Nc1ccc2oc(-c3ccccc3Br)nc2c1)c1cccc(Cl)c1Cl. The Balaban J connectivity index is 1.65. The van der Waals surface area contributed by atoms with Crippen LogP contribution < -0.4 is 5.32 Å². The number of oxazole rings is 1. The molecule has 4 nitrogen and oxygen atoms in total. The third-order valence-corrected chi connectivity index (χ3v) is 5.46. The number of hydrogen-bond acceptors (Lipinski definition) is 3. The molecule has 1 N–H and O–H groups in total. The predicted molar refractivity (Wildman–Crippen MR) is 112 cm³/mol. The molecule has 0 atom stereocenters. The molecular formula is C20H11BrCl2N2O2. The fraction of sp³-hybridized carbons (Fsp3) is 0. The van der Waals surface area contributed by atoms with Crippen LogP contribution in [0.4, 0.5) is 5.69 Å². The van der Waals surface area contributed by atoms with Crippen LogP contribution in [-0.4, -0.2) is 10.9 Å². The number of hydrogen-bond donors (Lipinski definition) is 1. The molecule has 3 aromatic carbocycles. The molecule has 0 aliphatic rings. The highest BCUT2D eigenvalue weighted by Gasteiger charge is 2.15. The topological polar surface area (TPSA) is 55.1 Å². The van der Waals surface area contributed by atoms with Crippen molar-refractivity contribution in [3.63, 3.8) is 0 Å². The molecule has 134 valence electrons. The molecule has 0 fully saturated rings. The van der Waals surface area contributed by atoms with Gasteiger partial charge < -0.3 is 9.73 Å². The number of nitrogens with one attached hydrogen (secondary N) is 1. The van der Waals surface area contributed by atoms with Crippen LogP contribution >= 0.6 is 39.1 Å². The number of anilines is 1. The van der Waals surface area contributed by atoms with E-state index in [1.165, 1.54) is 0 Å². The fourth-order valence-corrected chi connectivity index (χ4v) is 3.47. The van der Waals surface area contributed by atoms with E-state index in [1.807, 2.05) is 24.3 Å². The summed E-state index contributed by atoms with van der Waals surface area (Å²) < 4.78 is 6.71. The Bertz CT molecular complexity index is 1170. The number of benzene rings is 3. The summed E-state index contributed by atoms with van der Waals surface area (Å²) in [6.07, 6.45) is 0. The minimum atomic E-state index is -0.351. The summed E-state index contributed by atoms with van der Waals surface area (Å²) in [4.78, 5) is 17.0. The molecule has 0 radical (unpaired) electrons. The first-order valence-corrected chi connectivity index (χ1v) is 9.48. The van der Waals surface area contributed by atoms with Crippen LogP contribution in [0.15, 0.2) is 69.6 Å². The summed E-state index contributed by atoms with van der Waals surface area (Å²) in [6.45, 7) is 0.